The maximum absolute atomic E-state index is 6.14. The van der Waals surface area contributed by atoms with Crippen LogP contribution in [0, 0.1) is 5.92 Å². The second kappa shape index (κ2) is 11.2. The summed E-state index contributed by atoms with van der Waals surface area (Å²) in [6, 6.07) is 0. The molecule has 0 aromatic carbocycles. The Morgan fingerprint density at radius 2 is 2.04 bits per heavy atom. The molecule has 0 aromatic heterocycles. The van der Waals surface area contributed by atoms with Gasteiger partial charge in [0.25, 0.3) is 0 Å². The smallest absolute Gasteiger partial charge is 0.102 e. The van der Waals surface area contributed by atoms with Crippen molar-refractivity contribution >= 4 is 0 Å². The molecule has 0 aliphatic heterocycles. The number of hydrogen-bond acceptors (Lipinski definition) is 3. The molecule has 0 heterocycles. The third-order valence-electron chi connectivity index (χ3n) is 4.91. The molecule has 3 nitrogen and oxygen atoms in total. The number of allylic oxidation sites excluding steroid dienone is 6. The summed E-state index contributed by atoms with van der Waals surface area (Å²) < 4.78 is 11.4. The molecule has 1 unspecified atom stereocenters. The lowest BCUT2D eigenvalue weighted by Gasteiger charge is -2.38. The molecule has 0 radical (unpaired) electrons. The predicted molar refractivity (Wildman–Crippen MR) is 107 cm³/mol. The molecule has 142 valence electrons. The van der Waals surface area contributed by atoms with E-state index in [2.05, 4.69) is 38.2 Å². The fraction of sp³-hybridized carbons (Fsp3) is 0.636. The molecular weight excluding hydrogens is 310 g/mol. The van der Waals surface area contributed by atoms with Crippen LogP contribution in [0.1, 0.15) is 60.8 Å². The predicted octanol–water partition coefficient (Wildman–Crippen LogP) is 5.52. The Balaban J connectivity index is 2.58. The first-order valence-corrected chi connectivity index (χ1v) is 9.54. The normalized spacial score (nSPS) is 21.3. The summed E-state index contributed by atoms with van der Waals surface area (Å²) in [6.45, 7) is 13.6. The summed E-state index contributed by atoms with van der Waals surface area (Å²) in [4.78, 5) is 0. The van der Waals surface area contributed by atoms with Gasteiger partial charge in [0.2, 0.25) is 0 Å². The van der Waals surface area contributed by atoms with Gasteiger partial charge in [0, 0.05) is 25.3 Å². The Morgan fingerprint density at radius 3 is 2.64 bits per heavy atom. The molecule has 3 heteroatoms. The van der Waals surface area contributed by atoms with Gasteiger partial charge < -0.3 is 14.8 Å². The molecular formula is C22H37NO2. The van der Waals surface area contributed by atoms with Crippen LogP contribution in [0.3, 0.4) is 0 Å². The summed E-state index contributed by atoms with van der Waals surface area (Å²) in [5, 5.41) is 3.50. The minimum Gasteiger partial charge on any atom is -0.495 e. The van der Waals surface area contributed by atoms with Gasteiger partial charge in [0.05, 0.1) is 11.9 Å². The summed E-state index contributed by atoms with van der Waals surface area (Å²) in [5.74, 6) is 1.49. The van der Waals surface area contributed by atoms with E-state index in [1.54, 1.807) is 18.3 Å². The standard InChI is InChI=1S/C22H37NO2/c1-8-10-11-16(3)23-13-12-21-20(9-2)15-22(21)19(6)25-18(5)14-17(4)24-7/h8,10-11,14,17,19,22-23H,9,12-13,15H2,1-7H3/b10-8-,16-11+,18-14-/t17?,19-,22-/m0/s1. The van der Waals surface area contributed by atoms with Gasteiger partial charge in [-0.1, -0.05) is 30.2 Å². The molecule has 1 rings (SSSR count). The maximum atomic E-state index is 6.14. The molecule has 0 saturated carbocycles. The molecule has 0 amide bonds. The van der Waals surface area contributed by atoms with Crippen molar-refractivity contribution in [2.45, 2.75) is 73.0 Å². The van der Waals surface area contributed by atoms with Crippen LogP contribution in [0.5, 0.6) is 0 Å². The van der Waals surface area contributed by atoms with Gasteiger partial charge in [-0.25, -0.2) is 0 Å². The van der Waals surface area contributed by atoms with Gasteiger partial charge in [-0.3, -0.25) is 0 Å². The molecule has 1 aliphatic rings. The Labute approximate surface area is 154 Å². The third-order valence-corrected chi connectivity index (χ3v) is 4.91. The molecule has 0 spiro atoms. The van der Waals surface area contributed by atoms with E-state index in [4.69, 9.17) is 9.47 Å². The lowest BCUT2D eigenvalue weighted by Crippen LogP contribution is -2.32. The van der Waals surface area contributed by atoms with Crippen LogP contribution >= 0.6 is 0 Å². The van der Waals surface area contributed by atoms with Gasteiger partial charge >= 0.3 is 0 Å². The fourth-order valence-electron chi connectivity index (χ4n) is 3.34. The maximum Gasteiger partial charge on any atom is 0.102 e. The summed E-state index contributed by atoms with van der Waals surface area (Å²) in [7, 11) is 1.72. The number of methoxy groups -OCH3 is 1. The van der Waals surface area contributed by atoms with Crippen molar-refractivity contribution in [3.8, 4) is 0 Å². The van der Waals surface area contributed by atoms with Crippen molar-refractivity contribution in [1.82, 2.24) is 5.32 Å². The molecule has 25 heavy (non-hydrogen) atoms. The third kappa shape index (κ3) is 7.11. The van der Waals surface area contributed by atoms with Crippen molar-refractivity contribution in [2.75, 3.05) is 13.7 Å². The van der Waals surface area contributed by atoms with Gasteiger partial charge in [-0.15, -0.1) is 0 Å². The second-order valence-corrected chi connectivity index (χ2v) is 6.89. The second-order valence-electron chi connectivity index (χ2n) is 6.89. The number of hydrogen-bond donors (Lipinski definition) is 1. The zero-order valence-corrected chi connectivity index (χ0v) is 17.2. The minimum atomic E-state index is 0.0888. The van der Waals surface area contributed by atoms with Gasteiger partial charge in [-0.2, -0.15) is 0 Å². The first kappa shape index (κ1) is 21.6. The number of rotatable bonds is 11. The van der Waals surface area contributed by atoms with Gasteiger partial charge in [-0.05, 0) is 66.0 Å². The van der Waals surface area contributed by atoms with Gasteiger partial charge in [0.15, 0.2) is 0 Å². The van der Waals surface area contributed by atoms with Crippen molar-refractivity contribution in [1.29, 1.82) is 0 Å². The average Bonchev–Trinajstić information content (AvgIpc) is 2.55. The van der Waals surface area contributed by atoms with Crippen molar-refractivity contribution < 1.29 is 9.47 Å². The van der Waals surface area contributed by atoms with E-state index in [0.29, 0.717) is 5.92 Å². The lowest BCUT2D eigenvalue weighted by molar-refractivity contribution is 0.0763. The first-order valence-electron chi connectivity index (χ1n) is 9.54. The monoisotopic (exact) mass is 347 g/mol. The summed E-state index contributed by atoms with van der Waals surface area (Å²) in [5.41, 5.74) is 4.42. The highest BCUT2D eigenvalue weighted by atomic mass is 16.5. The van der Waals surface area contributed by atoms with Gasteiger partial charge in [0.1, 0.15) is 6.10 Å². The van der Waals surface area contributed by atoms with Crippen LogP contribution in [0.4, 0.5) is 0 Å². The largest absolute Gasteiger partial charge is 0.495 e. The molecule has 1 aliphatic carbocycles. The number of nitrogens with one attached hydrogen (secondary N) is 1. The van der Waals surface area contributed by atoms with Crippen LogP contribution in [-0.2, 0) is 9.47 Å². The van der Waals surface area contributed by atoms with E-state index < -0.39 is 0 Å². The van der Waals surface area contributed by atoms with E-state index >= 15 is 0 Å². The Bertz CT molecular complexity index is 528. The zero-order chi connectivity index (χ0) is 18.8. The molecule has 0 aromatic rings. The van der Waals surface area contributed by atoms with E-state index in [-0.39, 0.29) is 12.2 Å². The average molecular weight is 348 g/mol. The zero-order valence-electron chi connectivity index (χ0n) is 17.2. The van der Waals surface area contributed by atoms with Crippen LogP contribution in [0.2, 0.25) is 0 Å². The topological polar surface area (TPSA) is 30.5 Å². The van der Waals surface area contributed by atoms with Crippen molar-refractivity contribution in [3.63, 3.8) is 0 Å². The van der Waals surface area contributed by atoms with Crippen LogP contribution < -0.4 is 5.32 Å². The fourth-order valence-corrected chi connectivity index (χ4v) is 3.34. The first-order chi connectivity index (χ1) is 11.9. The van der Waals surface area contributed by atoms with Crippen molar-refractivity contribution in [2.24, 2.45) is 5.92 Å². The lowest BCUT2D eigenvalue weighted by atomic mass is 9.72. The molecule has 0 saturated heterocycles. The molecule has 0 bridgehead atoms. The SMILES string of the molecule is C/C=C\C=C(/C)NCCC1=C(CC)C[C@H]1[C@H](C)O/C(C)=C\C(C)OC. The summed E-state index contributed by atoms with van der Waals surface area (Å²) >= 11 is 0. The Morgan fingerprint density at radius 1 is 1.32 bits per heavy atom. The van der Waals surface area contributed by atoms with E-state index in [1.807, 2.05) is 32.9 Å². The van der Waals surface area contributed by atoms with Crippen LogP contribution in [0.25, 0.3) is 0 Å². The summed E-state index contributed by atoms with van der Waals surface area (Å²) in [6.07, 6.45) is 12.0. The Hall–Kier alpha value is -1.48. The molecule has 1 N–H and O–H groups in total. The van der Waals surface area contributed by atoms with E-state index in [9.17, 15) is 0 Å². The minimum absolute atomic E-state index is 0.0888. The molecule has 3 atom stereocenters. The Kier molecular flexibility index (Phi) is 9.66. The quantitative estimate of drug-likeness (QED) is 0.303. The van der Waals surface area contributed by atoms with Crippen LogP contribution in [0.15, 0.2) is 46.9 Å². The van der Waals surface area contributed by atoms with Crippen LogP contribution in [-0.4, -0.2) is 25.9 Å². The van der Waals surface area contributed by atoms with E-state index in [1.165, 1.54) is 12.1 Å². The highest BCUT2D eigenvalue weighted by molar-refractivity contribution is 5.30. The molecule has 0 fully saturated rings. The van der Waals surface area contributed by atoms with E-state index in [0.717, 1.165) is 25.1 Å². The highest BCUT2D eigenvalue weighted by Crippen LogP contribution is 2.42. The number of ether oxygens (including phenoxy) is 2. The van der Waals surface area contributed by atoms with Crippen molar-refractivity contribution in [3.05, 3.63) is 46.9 Å². The highest BCUT2D eigenvalue weighted by Gasteiger charge is 2.33.